The molecule has 1 aromatic rings. The average Bonchev–Trinajstić information content (AvgIpc) is 2.39. The monoisotopic (exact) mass is 285 g/mol. The highest BCUT2D eigenvalue weighted by Crippen LogP contribution is 2.22. The Kier molecular flexibility index (Phi) is 6.76. The first-order valence-corrected chi connectivity index (χ1v) is 6.61. The minimum Gasteiger partial charge on any atom is -0.434 e. The molecule has 3 N–H and O–H groups in total. The van der Waals surface area contributed by atoms with Gasteiger partial charge in [-0.1, -0.05) is 31.0 Å². The molecule has 20 heavy (non-hydrogen) atoms. The molecule has 0 atom stereocenters. The third-order valence-corrected chi connectivity index (χ3v) is 2.69. The number of ether oxygens (including phenoxy) is 1. The molecule has 4 nitrogen and oxygen atoms in total. The van der Waals surface area contributed by atoms with Gasteiger partial charge in [0.15, 0.2) is 5.96 Å². The van der Waals surface area contributed by atoms with Crippen molar-refractivity contribution in [3.8, 4) is 5.75 Å². The Balaban J connectivity index is 2.69. The van der Waals surface area contributed by atoms with E-state index >= 15 is 0 Å². The Hall–Kier alpha value is -1.85. The first-order chi connectivity index (χ1) is 9.52. The van der Waals surface area contributed by atoms with Crippen LogP contribution in [0.25, 0.3) is 0 Å². The van der Waals surface area contributed by atoms with Gasteiger partial charge in [0.1, 0.15) is 5.75 Å². The van der Waals surface area contributed by atoms with Gasteiger partial charge in [0, 0.05) is 12.1 Å². The van der Waals surface area contributed by atoms with Crippen LogP contribution in [0, 0.1) is 6.92 Å². The van der Waals surface area contributed by atoms with E-state index in [0.29, 0.717) is 11.5 Å². The number of nitrogens with one attached hydrogen (secondary N) is 1. The third-order valence-electron chi connectivity index (χ3n) is 2.69. The summed E-state index contributed by atoms with van der Waals surface area (Å²) in [6, 6.07) is 5.00. The van der Waals surface area contributed by atoms with Gasteiger partial charge >= 0.3 is 6.61 Å². The Morgan fingerprint density at radius 1 is 1.45 bits per heavy atom. The van der Waals surface area contributed by atoms with Crippen LogP contribution in [0.4, 0.5) is 8.78 Å². The molecule has 0 saturated carbocycles. The summed E-state index contributed by atoms with van der Waals surface area (Å²) in [5, 5.41) is 2.97. The second-order valence-electron chi connectivity index (χ2n) is 4.47. The number of benzene rings is 1. The number of rotatable bonds is 7. The standard InChI is InChI=1S/C14H21F2N3O/c1-3-4-7-18-14(17)19-9-11-8-10(2)5-6-12(11)20-13(15)16/h5-6,8,13H,3-4,7,9H2,1-2H3,(H3,17,18,19). The predicted octanol–water partition coefficient (Wildman–Crippen LogP) is 2.80. The molecule has 0 saturated heterocycles. The molecule has 0 fully saturated rings. The predicted molar refractivity (Wildman–Crippen MR) is 76.0 cm³/mol. The maximum Gasteiger partial charge on any atom is 0.387 e. The highest BCUT2D eigenvalue weighted by molar-refractivity contribution is 5.77. The molecule has 6 heteroatoms. The second-order valence-corrected chi connectivity index (χ2v) is 4.47. The zero-order chi connectivity index (χ0) is 15.0. The Bertz CT molecular complexity index is 450. The van der Waals surface area contributed by atoms with Crippen LogP contribution in [0.1, 0.15) is 30.9 Å². The topological polar surface area (TPSA) is 59.6 Å². The molecule has 0 aliphatic heterocycles. The summed E-state index contributed by atoms with van der Waals surface area (Å²) in [7, 11) is 0. The van der Waals surface area contributed by atoms with Gasteiger partial charge in [-0.2, -0.15) is 8.78 Å². The summed E-state index contributed by atoms with van der Waals surface area (Å²) in [6.07, 6.45) is 2.06. The lowest BCUT2D eigenvalue weighted by molar-refractivity contribution is -0.0504. The Morgan fingerprint density at radius 3 is 2.85 bits per heavy atom. The lowest BCUT2D eigenvalue weighted by atomic mass is 10.1. The van der Waals surface area contributed by atoms with E-state index in [1.165, 1.54) is 6.07 Å². The fourth-order valence-electron chi connectivity index (χ4n) is 1.66. The highest BCUT2D eigenvalue weighted by atomic mass is 19.3. The van der Waals surface area contributed by atoms with Crippen LogP contribution in [0.15, 0.2) is 23.2 Å². The van der Waals surface area contributed by atoms with Crippen LogP contribution < -0.4 is 15.8 Å². The number of nitrogens with two attached hydrogens (primary N) is 1. The lowest BCUT2D eigenvalue weighted by Gasteiger charge is -2.10. The summed E-state index contributed by atoms with van der Waals surface area (Å²) in [6.45, 7) is 2.06. The van der Waals surface area contributed by atoms with Crippen molar-refractivity contribution < 1.29 is 13.5 Å². The minimum absolute atomic E-state index is 0.135. The average molecular weight is 285 g/mol. The van der Waals surface area contributed by atoms with Gasteiger partial charge in [-0.15, -0.1) is 0 Å². The molecule has 0 amide bonds. The number of hydrogen-bond acceptors (Lipinski definition) is 2. The summed E-state index contributed by atoms with van der Waals surface area (Å²) in [5.41, 5.74) is 7.24. The summed E-state index contributed by atoms with van der Waals surface area (Å²) < 4.78 is 29.1. The van der Waals surface area contributed by atoms with Crippen molar-refractivity contribution in [1.29, 1.82) is 0 Å². The number of aliphatic imine (C=N–C) groups is 1. The summed E-state index contributed by atoms with van der Waals surface area (Å²) >= 11 is 0. The van der Waals surface area contributed by atoms with Crippen molar-refractivity contribution >= 4 is 5.96 Å². The first-order valence-electron chi connectivity index (χ1n) is 6.61. The van der Waals surface area contributed by atoms with Crippen LogP contribution in [0.3, 0.4) is 0 Å². The van der Waals surface area contributed by atoms with Crippen LogP contribution >= 0.6 is 0 Å². The summed E-state index contributed by atoms with van der Waals surface area (Å²) in [4.78, 5) is 4.13. The van der Waals surface area contributed by atoms with Crippen molar-refractivity contribution in [2.75, 3.05) is 6.54 Å². The molecule has 0 bridgehead atoms. The van der Waals surface area contributed by atoms with E-state index in [-0.39, 0.29) is 12.3 Å². The van der Waals surface area contributed by atoms with Crippen LogP contribution in [-0.2, 0) is 6.54 Å². The zero-order valence-electron chi connectivity index (χ0n) is 11.8. The number of hydrogen-bond donors (Lipinski definition) is 2. The molecule has 0 heterocycles. The maximum absolute atomic E-state index is 12.3. The van der Waals surface area contributed by atoms with Gasteiger partial charge in [0.25, 0.3) is 0 Å². The van der Waals surface area contributed by atoms with Crippen LogP contribution in [0.2, 0.25) is 0 Å². The minimum atomic E-state index is -2.85. The molecule has 1 rings (SSSR count). The Morgan fingerprint density at radius 2 is 2.20 bits per heavy atom. The second kappa shape index (κ2) is 8.35. The van der Waals surface area contributed by atoms with Gasteiger partial charge < -0.3 is 15.8 Å². The smallest absolute Gasteiger partial charge is 0.387 e. The molecule has 0 aromatic heterocycles. The molecular weight excluding hydrogens is 264 g/mol. The van der Waals surface area contributed by atoms with Crippen LogP contribution in [-0.4, -0.2) is 19.1 Å². The summed E-state index contributed by atoms with van der Waals surface area (Å²) in [5.74, 6) is 0.443. The van der Waals surface area contributed by atoms with Crippen LogP contribution in [0.5, 0.6) is 5.75 Å². The molecule has 0 aliphatic rings. The van der Waals surface area contributed by atoms with E-state index in [0.717, 1.165) is 24.9 Å². The fraction of sp³-hybridized carbons (Fsp3) is 0.500. The number of alkyl halides is 2. The van der Waals surface area contributed by atoms with E-state index in [2.05, 4.69) is 22.0 Å². The third kappa shape index (κ3) is 5.86. The molecule has 0 aliphatic carbocycles. The van der Waals surface area contributed by atoms with Gasteiger partial charge in [-0.05, 0) is 19.4 Å². The van der Waals surface area contributed by atoms with Gasteiger partial charge in [0.2, 0.25) is 0 Å². The van der Waals surface area contributed by atoms with Crippen molar-refractivity contribution in [2.45, 2.75) is 39.8 Å². The van der Waals surface area contributed by atoms with Crippen molar-refractivity contribution in [2.24, 2.45) is 10.7 Å². The molecular formula is C14H21F2N3O. The SMILES string of the molecule is CCCCNC(N)=NCc1cc(C)ccc1OC(F)F. The van der Waals surface area contributed by atoms with Crippen molar-refractivity contribution in [3.05, 3.63) is 29.3 Å². The van der Waals surface area contributed by atoms with E-state index in [1.807, 2.05) is 6.92 Å². The van der Waals surface area contributed by atoms with Gasteiger partial charge in [-0.3, -0.25) is 0 Å². The number of nitrogens with zero attached hydrogens (tertiary/aromatic N) is 1. The molecule has 112 valence electrons. The number of guanidine groups is 1. The fourth-order valence-corrected chi connectivity index (χ4v) is 1.66. The number of unbranched alkanes of at least 4 members (excludes halogenated alkanes) is 1. The zero-order valence-corrected chi connectivity index (χ0v) is 11.8. The Labute approximate surface area is 118 Å². The van der Waals surface area contributed by atoms with E-state index in [4.69, 9.17) is 5.73 Å². The normalized spacial score (nSPS) is 11.8. The van der Waals surface area contributed by atoms with E-state index in [9.17, 15) is 8.78 Å². The van der Waals surface area contributed by atoms with Crippen molar-refractivity contribution in [1.82, 2.24) is 5.32 Å². The number of halogens is 2. The van der Waals surface area contributed by atoms with E-state index in [1.54, 1.807) is 12.1 Å². The maximum atomic E-state index is 12.3. The van der Waals surface area contributed by atoms with Crippen molar-refractivity contribution in [3.63, 3.8) is 0 Å². The highest BCUT2D eigenvalue weighted by Gasteiger charge is 2.09. The largest absolute Gasteiger partial charge is 0.434 e. The molecule has 0 spiro atoms. The van der Waals surface area contributed by atoms with Gasteiger partial charge in [0.05, 0.1) is 6.54 Å². The molecule has 1 aromatic carbocycles. The quantitative estimate of drug-likeness (QED) is 0.460. The number of aryl methyl sites for hydroxylation is 1. The lowest BCUT2D eigenvalue weighted by Crippen LogP contribution is -2.32. The molecule has 0 radical (unpaired) electrons. The molecule has 0 unspecified atom stereocenters. The van der Waals surface area contributed by atoms with E-state index < -0.39 is 6.61 Å². The van der Waals surface area contributed by atoms with Gasteiger partial charge in [-0.25, -0.2) is 4.99 Å². The first kappa shape index (κ1) is 16.2.